The molecule has 0 N–H and O–H groups in total. The third-order valence-corrected chi connectivity index (χ3v) is 6.56. The summed E-state index contributed by atoms with van der Waals surface area (Å²) in [5, 5.41) is 1.20. The molecule has 0 radical (unpaired) electrons. The van der Waals surface area contributed by atoms with Crippen molar-refractivity contribution < 1.29 is 19.1 Å². The molecular weight excluding hydrogens is 466 g/mol. The van der Waals surface area contributed by atoms with Crippen molar-refractivity contribution in [3.8, 4) is 0 Å². The Bertz CT molecular complexity index is 1130. The number of hydrogen-bond acceptors (Lipinski definition) is 5. The second kappa shape index (κ2) is 7.66. The van der Waals surface area contributed by atoms with Crippen LogP contribution in [0.25, 0.3) is 10.1 Å². The molecule has 1 aliphatic rings. The molecule has 0 atom stereocenters. The van der Waals surface area contributed by atoms with Crippen LogP contribution in [0, 0.1) is 0 Å². The number of benzene rings is 2. The first-order valence-electron chi connectivity index (χ1n) is 8.47. The maximum Gasteiger partial charge on any atom is 0.349 e. The van der Waals surface area contributed by atoms with Crippen molar-refractivity contribution in [2.24, 2.45) is 0 Å². The molecule has 0 bridgehead atoms. The largest absolute Gasteiger partial charge is 0.461 e. The zero-order valence-corrected chi connectivity index (χ0v) is 17.6. The number of carbonyl (C=O) groups excluding carboxylic acids is 3. The van der Waals surface area contributed by atoms with Crippen molar-refractivity contribution in [3.05, 3.63) is 68.0 Å². The number of thiophene rings is 1. The van der Waals surface area contributed by atoms with Gasteiger partial charge in [0.15, 0.2) is 0 Å². The molecule has 142 valence electrons. The van der Waals surface area contributed by atoms with E-state index in [1.165, 1.54) is 16.2 Å². The molecule has 28 heavy (non-hydrogen) atoms. The van der Waals surface area contributed by atoms with Gasteiger partial charge in [-0.1, -0.05) is 45.7 Å². The van der Waals surface area contributed by atoms with Crippen molar-refractivity contribution >= 4 is 66.7 Å². The number of ether oxygens (including phenoxy) is 1. The number of hydrogen-bond donors (Lipinski definition) is 0. The highest BCUT2D eigenvalue weighted by atomic mass is 79.9. The van der Waals surface area contributed by atoms with Gasteiger partial charge in [0.1, 0.15) is 4.88 Å². The number of esters is 1. The van der Waals surface area contributed by atoms with Gasteiger partial charge in [0.05, 0.1) is 22.8 Å². The van der Waals surface area contributed by atoms with Gasteiger partial charge in [0.2, 0.25) is 0 Å². The second-order valence-corrected chi connectivity index (χ2v) is 8.53. The lowest BCUT2D eigenvalue weighted by atomic mass is 10.1. The summed E-state index contributed by atoms with van der Waals surface area (Å²) in [6, 6.07) is 12.5. The number of imide groups is 1. The van der Waals surface area contributed by atoms with Gasteiger partial charge in [-0.05, 0) is 30.7 Å². The number of nitrogens with zero attached hydrogens (tertiary/aromatic N) is 1. The lowest BCUT2D eigenvalue weighted by Gasteiger charge is -2.13. The van der Waals surface area contributed by atoms with E-state index >= 15 is 0 Å². The zero-order valence-electron chi connectivity index (χ0n) is 14.4. The normalized spacial score (nSPS) is 13.3. The van der Waals surface area contributed by atoms with E-state index in [1.54, 1.807) is 18.2 Å². The summed E-state index contributed by atoms with van der Waals surface area (Å²) in [6.07, 6.45) is 0.348. The van der Waals surface area contributed by atoms with Gasteiger partial charge in [0.25, 0.3) is 11.8 Å². The zero-order chi connectivity index (χ0) is 19.8. The Morgan fingerprint density at radius 1 is 1.11 bits per heavy atom. The fourth-order valence-corrected chi connectivity index (χ4v) is 4.83. The topological polar surface area (TPSA) is 63.7 Å². The number of amides is 2. The maximum absolute atomic E-state index is 12.4. The fraction of sp³-hybridized carbons (Fsp3) is 0.150. The summed E-state index contributed by atoms with van der Waals surface area (Å²) < 4.78 is 6.95. The van der Waals surface area contributed by atoms with Gasteiger partial charge >= 0.3 is 5.97 Å². The Morgan fingerprint density at radius 2 is 1.86 bits per heavy atom. The molecular formula is C20H13BrClNO4S. The molecule has 1 aromatic heterocycles. The Morgan fingerprint density at radius 3 is 2.64 bits per heavy atom. The molecule has 0 aliphatic carbocycles. The molecule has 2 aromatic carbocycles. The van der Waals surface area contributed by atoms with Gasteiger partial charge in [-0.2, -0.15) is 0 Å². The maximum atomic E-state index is 12.4. The van der Waals surface area contributed by atoms with Gasteiger partial charge in [-0.25, -0.2) is 4.79 Å². The van der Waals surface area contributed by atoms with E-state index in [-0.39, 0.29) is 25.0 Å². The smallest absolute Gasteiger partial charge is 0.349 e. The summed E-state index contributed by atoms with van der Waals surface area (Å²) in [4.78, 5) is 38.7. The highest BCUT2D eigenvalue weighted by Gasteiger charge is 2.35. The van der Waals surface area contributed by atoms with Gasteiger partial charge < -0.3 is 4.74 Å². The lowest BCUT2D eigenvalue weighted by Crippen LogP contribution is -2.31. The highest BCUT2D eigenvalue weighted by molar-refractivity contribution is 9.10. The van der Waals surface area contributed by atoms with E-state index in [0.29, 0.717) is 27.4 Å². The summed E-state index contributed by atoms with van der Waals surface area (Å²) in [7, 11) is 0. The molecule has 1 aliphatic heterocycles. The quantitative estimate of drug-likeness (QED) is 0.289. The third kappa shape index (κ3) is 3.34. The summed E-state index contributed by atoms with van der Waals surface area (Å²) >= 11 is 10.9. The average Bonchev–Trinajstić information content (AvgIpc) is 3.14. The van der Waals surface area contributed by atoms with Crippen LogP contribution >= 0.6 is 38.9 Å². The molecule has 2 heterocycles. The van der Waals surface area contributed by atoms with Crippen LogP contribution < -0.4 is 0 Å². The fourth-order valence-electron chi connectivity index (χ4n) is 3.06. The van der Waals surface area contributed by atoms with Crippen LogP contribution in [0.3, 0.4) is 0 Å². The monoisotopic (exact) mass is 477 g/mol. The molecule has 0 saturated heterocycles. The van der Waals surface area contributed by atoms with Crippen LogP contribution in [0.1, 0.15) is 36.8 Å². The van der Waals surface area contributed by atoms with Crippen molar-refractivity contribution in [1.29, 1.82) is 0 Å². The van der Waals surface area contributed by atoms with Crippen LogP contribution in [-0.4, -0.2) is 35.8 Å². The van der Waals surface area contributed by atoms with E-state index in [1.807, 2.05) is 24.3 Å². The first-order valence-corrected chi connectivity index (χ1v) is 10.5. The lowest BCUT2D eigenvalue weighted by molar-refractivity contribution is 0.0488. The molecule has 0 saturated carbocycles. The minimum atomic E-state index is -0.502. The highest BCUT2D eigenvalue weighted by Crippen LogP contribution is 2.35. The summed E-state index contributed by atoms with van der Waals surface area (Å²) in [5.74, 6) is -1.16. The van der Waals surface area contributed by atoms with Gasteiger partial charge in [-0.3, -0.25) is 14.5 Å². The first-order chi connectivity index (χ1) is 13.5. The predicted molar refractivity (Wildman–Crippen MR) is 111 cm³/mol. The molecule has 2 amide bonds. The number of halogens is 2. The second-order valence-electron chi connectivity index (χ2n) is 6.18. The number of carbonyl (C=O) groups is 3. The van der Waals surface area contributed by atoms with Crippen molar-refractivity contribution in [2.45, 2.75) is 6.42 Å². The van der Waals surface area contributed by atoms with Crippen LogP contribution in [0.15, 0.2) is 46.9 Å². The predicted octanol–water partition coefficient (Wildman–Crippen LogP) is 5.16. The molecule has 5 nitrogen and oxygen atoms in total. The van der Waals surface area contributed by atoms with Gasteiger partial charge in [-0.15, -0.1) is 11.3 Å². The van der Waals surface area contributed by atoms with Crippen molar-refractivity contribution in [1.82, 2.24) is 4.90 Å². The van der Waals surface area contributed by atoms with Crippen LogP contribution in [-0.2, 0) is 4.74 Å². The molecule has 0 unspecified atom stereocenters. The number of fused-ring (bicyclic) bond motifs is 2. The van der Waals surface area contributed by atoms with Crippen LogP contribution in [0.2, 0.25) is 5.02 Å². The van der Waals surface area contributed by atoms with Gasteiger partial charge in [0, 0.05) is 21.1 Å². The van der Waals surface area contributed by atoms with Crippen molar-refractivity contribution in [2.75, 3.05) is 13.2 Å². The molecule has 8 heteroatoms. The Hall–Kier alpha value is -2.22. The minimum absolute atomic E-state index is 0.0838. The Balaban J connectivity index is 1.36. The van der Waals surface area contributed by atoms with E-state index in [2.05, 4.69) is 15.9 Å². The first kappa shape index (κ1) is 19.1. The molecule has 0 spiro atoms. The molecule has 3 aromatic rings. The molecule has 0 fully saturated rings. The minimum Gasteiger partial charge on any atom is -0.461 e. The molecule has 4 rings (SSSR count). The van der Waals surface area contributed by atoms with E-state index in [4.69, 9.17) is 16.3 Å². The van der Waals surface area contributed by atoms with Crippen LogP contribution in [0.5, 0.6) is 0 Å². The summed E-state index contributed by atoms with van der Waals surface area (Å²) in [5.41, 5.74) is 0.774. The van der Waals surface area contributed by atoms with E-state index in [9.17, 15) is 14.4 Å². The summed E-state index contributed by atoms with van der Waals surface area (Å²) in [6.45, 7) is 0.262. The number of rotatable bonds is 5. The van der Waals surface area contributed by atoms with Crippen LogP contribution in [0.4, 0.5) is 0 Å². The van der Waals surface area contributed by atoms with E-state index in [0.717, 1.165) is 14.6 Å². The SMILES string of the molecule is O=C(OCCCN1C(=O)c2ccc(Br)cc2C1=O)c1sc2ccccc2c1Cl. The Labute approximate surface area is 178 Å². The van der Waals surface area contributed by atoms with Crippen molar-refractivity contribution in [3.63, 3.8) is 0 Å². The third-order valence-electron chi connectivity index (χ3n) is 4.41. The standard InChI is InChI=1S/C20H13BrClNO4S/c21-11-6-7-12-14(10-11)19(25)23(18(12)24)8-3-9-27-20(26)17-16(22)13-4-1-2-5-15(13)28-17/h1-2,4-7,10H,3,8-9H2. The van der Waals surface area contributed by atoms with E-state index < -0.39 is 5.97 Å². The average molecular weight is 479 g/mol. The Kier molecular flexibility index (Phi) is 5.23.